The van der Waals surface area contributed by atoms with Gasteiger partial charge in [0.05, 0.1) is 15.6 Å². The molecule has 0 aliphatic rings. The monoisotopic (exact) mass is 282 g/mol. The van der Waals surface area contributed by atoms with Crippen molar-refractivity contribution in [3.63, 3.8) is 0 Å². The van der Waals surface area contributed by atoms with Crippen LogP contribution in [0.1, 0.15) is 13.8 Å². The van der Waals surface area contributed by atoms with Gasteiger partial charge in [-0.05, 0) is 41.9 Å². The second-order valence-electron chi connectivity index (χ2n) is 2.84. The molecule has 0 heterocycles. The molecule has 13 heavy (non-hydrogen) atoms. The van der Waals surface area contributed by atoms with E-state index < -0.39 is 0 Å². The molecule has 0 spiro atoms. The van der Waals surface area contributed by atoms with Crippen LogP contribution >= 0.6 is 39.1 Å². The minimum Gasteiger partial charge on any atom is -0.488 e. The molecule has 0 unspecified atom stereocenters. The lowest BCUT2D eigenvalue weighted by atomic mass is 10.3. The van der Waals surface area contributed by atoms with Gasteiger partial charge < -0.3 is 4.74 Å². The highest BCUT2D eigenvalue weighted by molar-refractivity contribution is 9.10. The summed E-state index contributed by atoms with van der Waals surface area (Å²) in [5.74, 6) is 0.601. The highest BCUT2D eigenvalue weighted by Gasteiger charge is 2.11. The summed E-state index contributed by atoms with van der Waals surface area (Å²) in [4.78, 5) is 0. The van der Waals surface area contributed by atoms with E-state index in [0.717, 1.165) is 4.47 Å². The van der Waals surface area contributed by atoms with Gasteiger partial charge in [0.2, 0.25) is 0 Å². The van der Waals surface area contributed by atoms with Crippen molar-refractivity contribution in [2.75, 3.05) is 0 Å². The van der Waals surface area contributed by atoms with Gasteiger partial charge in [-0.2, -0.15) is 0 Å². The van der Waals surface area contributed by atoms with Crippen molar-refractivity contribution in [3.05, 3.63) is 26.7 Å². The lowest BCUT2D eigenvalue weighted by molar-refractivity contribution is 0.241. The van der Waals surface area contributed by atoms with Crippen molar-refractivity contribution in [1.29, 1.82) is 0 Å². The Morgan fingerprint density at radius 2 is 1.92 bits per heavy atom. The predicted molar refractivity (Wildman–Crippen MR) is 59.9 cm³/mol. The van der Waals surface area contributed by atoms with E-state index in [1.54, 1.807) is 6.07 Å². The zero-order valence-corrected chi connectivity index (χ0v) is 10.4. The SMILES string of the molecule is CC(C)Oc1c(Br)ccc(Cl)c1Cl. The Balaban J connectivity index is 3.10. The predicted octanol–water partition coefficient (Wildman–Crippen LogP) is 4.54. The van der Waals surface area contributed by atoms with Crippen LogP contribution in [0.25, 0.3) is 0 Å². The van der Waals surface area contributed by atoms with E-state index in [9.17, 15) is 0 Å². The van der Waals surface area contributed by atoms with Crippen LogP contribution in [0.4, 0.5) is 0 Å². The van der Waals surface area contributed by atoms with Crippen LogP contribution in [0.2, 0.25) is 10.0 Å². The molecule has 1 rings (SSSR count). The smallest absolute Gasteiger partial charge is 0.153 e. The topological polar surface area (TPSA) is 9.23 Å². The Morgan fingerprint density at radius 1 is 1.31 bits per heavy atom. The molecule has 0 saturated heterocycles. The standard InChI is InChI=1S/C9H9BrCl2O/c1-5(2)13-9-6(10)3-4-7(11)8(9)12/h3-5H,1-2H3. The summed E-state index contributed by atoms with van der Waals surface area (Å²) in [6.45, 7) is 3.87. The van der Waals surface area contributed by atoms with Crippen LogP contribution in [0.5, 0.6) is 5.75 Å². The van der Waals surface area contributed by atoms with Gasteiger partial charge in [0, 0.05) is 0 Å². The summed E-state index contributed by atoms with van der Waals surface area (Å²) < 4.78 is 6.31. The molecule has 0 saturated carbocycles. The van der Waals surface area contributed by atoms with Crippen LogP contribution in [-0.2, 0) is 0 Å². The lowest BCUT2D eigenvalue weighted by Crippen LogP contribution is -2.06. The first kappa shape index (κ1) is 11.2. The Hall–Kier alpha value is 0.0800. The van der Waals surface area contributed by atoms with E-state index in [4.69, 9.17) is 27.9 Å². The van der Waals surface area contributed by atoms with Gasteiger partial charge in [-0.3, -0.25) is 0 Å². The maximum absolute atomic E-state index is 5.96. The molecular formula is C9H9BrCl2O. The molecule has 0 aliphatic carbocycles. The average molecular weight is 284 g/mol. The molecule has 0 N–H and O–H groups in total. The Morgan fingerprint density at radius 3 is 2.46 bits per heavy atom. The van der Waals surface area contributed by atoms with Gasteiger partial charge in [0.15, 0.2) is 5.75 Å². The van der Waals surface area contributed by atoms with Crippen molar-refractivity contribution in [3.8, 4) is 5.75 Å². The van der Waals surface area contributed by atoms with Gasteiger partial charge in [0.25, 0.3) is 0 Å². The molecule has 4 heteroatoms. The number of rotatable bonds is 2. The summed E-state index contributed by atoms with van der Waals surface area (Å²) in [7, 11) is 0. The van der Waals surface area contributed by atoms with Crippen LogP contribution in [-0.4, -0.2) is 6.10 Å². The summed E-state index contributed by atoms with van der Waals surface area (Å²) in [5, 5.41) is 0.949. The van der Waals surface area contributed by atoms with E-state index in [-0.39, 0.29) is 6.10 Å². The van der Waals surface area contributed by atoms with E-state index in [2.05, 4.69) is 15.9 Å². The van der Waals surface area contributed by atoms with Gasteiger partial charge in [-0.25, -0.2) is 0 Å². The third kappa shape index (κ3) is 2.76. The molecule has 0 bridgehead atoms. The number of ether oxygens (including phenoxy) is 1. The molecule has 1 aromatic rings. The normalized spacial score (nSPS) is 10.6. The molecule has 0 aromatic heterocycles. The zero-order chi connectivity index (χ0) is 10.0. The fourth-order valence-corrected chi connectivity index (χ4v) is 1.75. The summed E-state index contributed by atoms with van der Waals surface area (Å²) in [6.07, 6.45) is 0.0762. The first-order chi connectivity index (χ1) is 6.02. The van der Waals surface area contributed by atoms with E-state index in [0.29, 0.717) is 15.8 Å². The molecule has 0 atom stereocenters. The van der Waals surface area contributed by atoms with Crippen LogP contribution in [0.15, 0.2) is 16.6 Å². The highest BCUT2D eigenvalue weighted by atomic mass is 79.9. The number of benzene rings is 1. The molecule has 0 radical (unpaired) electrons. The first-order valence-corrected chi connectivity index (χ1v) is 5.37. The Bertz CT molecular complexity index is 313. The van der Waals surface area contributed by atoms with Gasteiger partial charge in [-0.1, -0.05) is 23.2 Å². The molecule has 72 valence electrons. The van der Waals surface area contributed by atoms with E-state index >= 15 is 0 Å². The third-order valence-corrected chi connectivity index (χ3v) is 2.77. The van der Waals surface area contributed by atoms with Crippen molar-refractivity contribution in [1.82, 2.24) is 0 Å². The highest BCUT2D eigenvalue weighted by Crippen LogP contribution is 2.38. The zero-order valence-electron chi connectivity index (χ0n) is 7.27. The second-order valence-corrected chi connectivity index (χ2v) is 4.48. The van der Waals surface area contributed by atoms with Crippen molar-refractivity contribution in [2.24, 2.45) is 0 Å². The van der Waals surface area contributed by atoms with Crippen LogP contribution in [0, 0.1) is 0 Å². The largest absolute Gasteiger partial charge is 0.488 e. The second kappa shape index (κ2) is 4.54. The fourth-order valence-electron chi connectivity index (χ4n) is 0.852. The first-order valence-electron chi connectivity index (χ1n) is 3.82. The third-order valence-electron chi connectivity index (χ3n) is 1.36. The van der Waals surface area contributed by atoms with E-state index in [1.165, 1.54) is 0 Å². The summed E-state index contributed by atoms with van der Waals surface area (Å²) >= 11 is 15.1. The Labute approximate surface area is 96.1 Å². The number of hydrogen-bond donors (Lipinski definition) is 0. The van der Waals surface area contributed by atoms with Crippen molar-refractivity contribution in [2.45, 2.75) is 20.0 Å². The maximum Gasteiger partial charge on any atom is 0.153 e. The minimum atomic E-state index is 0.0762. The van der Waals surface area contributed by atoms with Crippen LogP contribution in [0.3, 0.4) is 0 Å². The summed E-state index contributed by atoms with van der Waals surface area (Å²) in [6, 6.07) is 3.53. The van der Waals surface area contributed by atoms with E-state index in [1.807, 2.05) is 19.9 Å². The molecule has 1 aromatic carbocycles. The van der Waals surface area contributed by atoms with Gasteiger partial charge in [0.1, 0.15) is 5.02 Å². The average Bonchev–Trinajstić information content (AvgIpc) is 2.05. The quantitative estimate of drug-likeness (QED) is 0.724. The van der Waals surface area contributed by atoms with Crippen LogP contribution < -0.4 is 4.74 Å². The number of hydrogen-bond acceptors (Lipinski definition) is 1. The number of halogens is 3. The maximum atomic E-state index is 5.96. The fraction of sp³-hybridized carbons (Fsp3) is 0.333. The van der Waals surface area contributed by atoms with Crippen molar-refractivity contribution >= 4 is 39.1 Å². The molecule has 0 fully saturated rings. The lowest BCUT2D eigenvalue weighted by Gasteiger charge is -2.13. The molecule has 0 amide bonds. The summed E-state index contributed by atoms with van der Waals surface area (Å²) in [5.41, 5.74) is 0. The minimum absolute atomic E-state index is 0.0762. The molecule has 0 aliphatic heterocycles. The molecule has 1 nitrogen and oxygen atoms in total. The van der Waals surface area contributed by atoms with Crippen molar-refractivity contribution < 1.29 is 4.74 Å². The van der Waals surface area contributed by atoms with Gasteiger partial charge in [-0.15, -0.1) is 0 Å². The Kier molecular flexibility index (Phi) is 3.89. The molecular weight excluding hydrogens is 275 g/mol. The van der Waals surface area contributed by atoms with Gasteiger partial charge >= 0.3 is 0 Å².